The Hall–Kier alpha value is -3.20. The van der Waals surface area contributed by atoms with Crippen molar-refractivity contribution in [2.75, 3.05) is 0 Å². The third-order valence-corrected chi connectivity index (χ3v) is 4.15. The largest absolute Gasteiger partial charge is 0.285 e. The first-order valence-corrected chi connectivity index (χ1v) is 7.40. The van der Waals surface area contributed by atoms with E-state index in [2.05, 4.69) is 0 Å². The molecule has 4 rings (SSSR count). The van der Waals surface area contributed by atoms with Gasteiger partial charge in [0.1, 0.15) is 0 Å². The first-order valence-electron chi connectivity index (χ1n) is 7.40. The summed E-state index contributed by atoms with van der Waals surface area (Å²) in [5, 5.41) is 15.4. The summed E-state index contributed by atoms with van der Waals surface area (Å²) >= 11 is 0. The molecular weight excluding hydrogens is 286 g/mol. The van der Waals surface area contributed by atoms with Gasteiger partial charge in [-0.15, -0.1) is 0 Å². The second-order valence-corrected chi connectivity index (χ2v) is 5.44. The summed E-state index contributed by atoms with van der Waals surface area (Å²) in [5.74, 6) is 0. The minimum absolute atomic E-state index is 0.172. The fourth-order valence-electron chi connectivity index (χ4n) is 3.21. The first kappa shape index (κ1) is 13.5. The van der Waals surface area contributed by atoms with E-state index in [1.54, 1.807) is 0 Å². The molecule has 0 aromatic heterocycles. The van der Waals surface area contributed by atoms with Crippen molar-refractivity contribution in [2.24, 2.45) is 0 Å². The highest BCUT2D eigenvalue weighted by atomic mass is 16.6. The second-order valence-electron chi connectivity index (χ2n) is 5.44. The zero-order chi connectivity index (χ0) is 15.8. The Morgan fingerprint density at radius 2 is 1.09 bits per heavy atom. The van der Waals surface area contributed by atoms with Gasteiger partial charge in [-0.05, 0) is 27.8 Å². The molecule has 0 aliphatic heterocycles. The molecule has 0 radical (unpaired) electrons. The molecule has 4 aromatic carbocycles. The van der Waals surface area contributed by atoms with Gasteiger partial charge in [-0.3, -0.25) is 10.1 Å². The molecule has 110 valence electrons. The summed E-state index contributed by atoms with van der Waals surface area (Å²) in [4.78, 5) is 11.6. The van der Waals surface area contributed by atoms with Gasteiger partial charge in [-0.1, -0.05) is 72.8 Å². The zero-order valence-corrected chi connectivity index (χ0v) is 12.3. The summed E-state index contributed by atoms with van der Waals surface area (Å²) in [5.41, 5.74) is 1.72. The normalized spacial score (nSPS) is 11.0. The highest BCUT2D eigenvalue weighted by molar-refractivity contribution is 6.19. The highest BCUT2D eigenvalue weighted by Gasteiger charge is 2.23. The molecule has 0 fully saturated rings. The lowest BCUT2D eigenvalue weighted by Crippen LogP contribution is -1.95. The molecule has 0 amide bonds. The smallest absolute Gasteiger partial charge is 0.258 e. The fourth-order valence-corrected chi connectivity index (χ4v) is 3.21. The molecule has 0 saturated heterocycles. The van der Waals surface area contributed by atoms with Crippen LogP contribution in [0.25, 0.3) is 32.7 Å². The van der Waals surface area contributed by atoms with Crippen molar-refractivity contribution in [1.29, 1.82) is 0 Å². The molecule has 0 N–H and O–H groups in total. The number of hydrogen-bond donors (Lipinski definition) is 0. The van der Waals surface area contributed by atoms with Crippen molar-refractivity contribution in [3.8, 4) is 11.1 Å². The Morgan fingerprint density at radius 3 is 1.70 bits per heavy atom. The number of hydrogen-bond acceptors (Lipinski definition) is 2. The highest BCUT2D eigenvalue weighted by Crippen LogP contribution is 2.43. The molecule has 0 unspecified atom stereocenters. The first-order chi connectivity index (χ1) is 11.3. The molecule has 0 aliphatic carbocycles. The molecule has 0 atom stereocenters. The summed E-state index contributed by atoms with van der Waals surface area (Å²) in [7, 11) is 0. The van der Waals surface area contributed by atoms with Gasteiger partial charge < -0.3 is 0 Å². The lowest BCUT2D eigenvalue weighted by Gasteiger charge is -2.12. The van der Waals surface area contributed by atoms with E-state index in [1.807, 2.05) is 78.9 Å². The lowest BCUT2D eigenvalue weighted by atomic mass is 9.91. The minimum Gasteiger partial charge on any atom is -0.258 e. The van der Waals surface area contributed by atoms with E-state index >= 15 is 0 Å². The topological polar surface area (TPSA) is 43.1 Å². The van der Waals surface area contributed by atoms with Gasteiger partial charge in [0.2, 0.25) is 0 Å². The van der Waals surface area contributed by atoms with E-state index < -0.39 is 0 Å². The fraction of sp³-hybridized carbons (Fsp3) is 0. The summed E-state index contributed by atoms with van der Waals surface area (Å²) in [6.07, 6.45) is 0. The minimum atomic E-state index is -0.267. The van der Waals surface area contributed by atoms with Gasteiger partial charge in [0.05, 0.1) is 15.9 Å². The monoisotopic (exact) mass is 299 g/mol. The molecule has 0 spiro atoms. The molecule has 4 aromatic rings. The lowest BCUT2D eigenvalue weighted by molar-refractivity contribution is -0.382. The van der Waals surface area contributed by atoms with Gasteiger partial charge in [0.15, 0.2) is 0 Å². The average molecular weight is 299 g/mol. The van der Waals surface area contributed by atoms with Crippen LogP contribution in [-0.4, -0.2) is 4.92 Å². The molecule has 23 heavy (non-hydrogen) atoms. The van der Waals surface area contributed by atoms with Crippen LogP contribution in [0.5, 0.6) is 0 Å². The van der Waals surface area contributed by atoms with Crippen LogP contribution in [0.1, 0.15) is 0 Å². The van der Waals surface area contributed by atoms with E-state index in [-0.39, 0.29) is 10.6 Å². The Balaban J connectivity index is 2.30. The predicted molar refractivity (Wildman–Crippen MR) is 93.5 cm³/mol. The zero-order valence-electron chi connectivity index (χ0n) is 12.3. The van der Waals surface area contributed by atoms with Crippen LogP contribution in [0.2, 0.25) is 0 Å². The van der Waals surface area contributed by atoms with Crippen LogP contribution >= 0.6 is 0 Å². The molecule has 0 aliphatic rings. The molecule has 0 heterocycles. The quantitative estimate of drug-likeness (QED) is 0.276. The van der Waals surface area contributed by atoms with Gasteiger partial charge in [0.25, 0.3) is 5.69 Å². The maximum absolute atomic E-state index is 11.9. The summed E-state index contributed by atoms with van der Waals surface area (Å²) in [6.45, 7) is 0. The number of nitrogens with zero attached hydrogens (tertiary/aromatic N) is 1. The van der Waals surface area contributed by atoms with E-state index in [0.717, 1.165) is 21.7 Å². The average Bonchev–Trinajstić information content (AvgIpc) is 2.61. The standard InChI is InChI=1S/C20H13NO2/c22-21(23)20-18-13-7-5-11-16(18)15-10-4-6-12-17(15)19(20)14-8-2-1-3-9-14/h1-13H. The van der Waals surface area contributed by atoms with Crippen molar-refractivity contribution in [1.82, 2.24) is 0 Å². The number of rotatable bonds is 2. The SMILES string of the molecule is O=[N+]([O-])c1c(-c2ccccc2)c2ccccc2c2ccccc12. The molecular formula is C20H13NO2. The Morgan fingerprint density at radius 1 is 0.609 bits per heavy atom. The molecule has 0 bridgehead atoms. The maximum Gasteiger partial charge on any atom is 0.285 e. The van der Waals surface area contributed by atoms with Crippen LogP contribution in [-0.2, 0) is 0 Å². The molecule has 3 heteroatoms. The molecule has 0 saturated carbocycles. The van der Waals surface area contributed by atoms with Crippen molar-refractivity contribution >= 4 is 27.2 Å². The van der Waals surface area contributed by atoms with Gasteiger partial charge in [-0.25, -0.2) is 0 Å². The Labute approximate surface area is 133 Å². The van der Waals surface area contributed by atoms with Crippen LogP contribution in [0.4, 0.5) is 5.69 Å². The van der Waals surface area contributed by atoms with Gasteiger partial charge >= 0.3 is 0 Å². The number of nitro groups is 1. The van der Waals surface area contributed by atoms with E-state index in [4.69, 9.17) is 0 Å². The Bertz CT molecular complexity index is 1040. The Kier molecular flexibility index (Phi) is 3.05. The van der Waals surface area contributed by atoms with Gasteiger partial charge in [-0.2, -0.15) is 0 Å². The third kappa shape index (κ3) is 2.06. The van der Waals surface area contributed by atoms with Crippen LogP contribution in [0, 0.1) is 10.1 Å². The van der Waals surface area contributed by atoms with E-state index in [9.17, 15) is 10.1 Å². The van der Waals surface area contributed by atoms with Gasteiger partial charge in [0, 0.05) is 0 Å². The second kappa shape index (κ2) is 5.21. The number of benzene rings is 4. The van der Waals surface area contributed by atoms with E-state index in [0.29, 0.717) is 10.9 Å². The van der Waals surface area contributed by atoms with Crippen LogP contribution in [0.15, 0.2) is 78.9 Å². The summed E-state index contributed by atoms with van der Waals surface area (Å²) < 4.78 is 0. The number of fused-ring (bicyclic) bond motifs is 3. The summed E-state index contributed by atoms with van der Waals surface area (Å²) in [6, 6.07) is 25.0. The van der Waals surface area contributed by atoms with E-state index in [1.165, 1.54) is 0 Å². The number of nitro benzene ring substituents is 1. The third-order valence-electron chi connectivity index (χ3n) is 4.15. The van der Waals surface area contributed by atoms with Crippen molar-refractivity contribution in [2.45, 2.75) is 0 Å². The van der Waals surface area contributed by atoms with Crippen molar-refractivity contribution in [3.63, 3.8) is 0 Å². The maximum atomic E-state index is 11.9. The molecule has 3 nitrogen and oxygen atoms in total. The van der Waals surface area contributed by atoms with Crippen molar-refractivity contribution in [3.05, 3.63) is 89.0 Å². The predicted octanol–water partition coefficient (Wildman–Crippen LogP) is 5.57. The van der Waals surface area contributed by atoms with Crippen molar-refractivity contribution < 1.29 is 4.92 Å². The van der Waals surface area contributed by atoms with Crippen LogP contribution in [0.3, 0.4) is 0 Å². The van der Waals surface area contributed by atoms with Crippen LogP contribution < -0.4 is 0 Å².